The molecular formula is C38H56F2N4O5. The van der Waals surface area contributed by atoms with Gasteiger partial charge in [0.25, 0.3) is 0 Å². The van der Waals surface area contributed by atoms with Crippen LogP contribution in [-0.4, -0.2) is 83.2 Å². The number of carbonyl (C=O) groups is 3. The summed E-state index contributed by atoms with van der Waals surface area (Å²) in [6.07, 6.45) is -1.26. The van der Waals surface area contributed by atoms with Gasteiger partial charge in [-0.05, 0) is 72.4 Å². The molecule has 2 aliphatic rings. The van der Waals surface area contributed by atoms with Crippen molar-refractivity contribution in [3.05, 3.63) is 71.8 Å². The van der Waals surface area contributed by atoms with E-state index in [9.17, 15) is 23.2 Å². The van der Waals surface area contributed by atoms with Crippen molar-refractivity contribution in [1.82, 2.24) is 20.4 Å². The summed E-state index contributed by atoms with van der Waals surface area (Å²) in [5, 5.41) is 5.42. The van der Waals surface area contributed by atoms with Crippen molar-refractivity contribution in [2.75, 3.05) is 33.0 Å². The third-order valence-electron chi connectivity index (χ3n) is 9.43. The Morgan fingerprint density at radius 1 is 0.776 bits per heavy atom. The van der Waals surface area contributed by atoms with Gasteiger partial charge in [0.1, 0.15) is 30.1 Å². The monoisotopic (exact) mass is 686 g/mol. The molecule has 2 N–H and O–H groups in total. The Labute approximate surface area is 291 Å². The Kier molecular flexibility index (Phi) is 12.9. The average molecular weight is 687 g/mol. The van der Waals surface area contributed by atoms with Crippen LogP contribution in [0.1, 0.15) is 92.4 Å². The number of ether oxygens (including phenoxy) is 2. The van der Waals surface area contributed by atoms with E-state index in [0.717, 1.165) is 12.1 Å². The van der Waals surface area contributed by atoms with Crippen LogP contribution in [0.15, 0.2) is 60.7 Å². The Balaban J connectivity index is 0.000000266. The van der Waals surface area contributed by atoms with Crippen LogP contribution in [0, 0.1) is 11.8 Å². The Morgan fingerprint density at radius 2 is 1.20 bits per heavy atom. The number of hydrogen-bond acceptors (Lipinski definition) is 6. The fourth-order valence-electron chi connectivity index (χ4n) is 6.31. The van der Waals surface area contributed by atoms with Gasteiger partial charge in [-0.3, -0.25) is 9.69 Å². The molecule has 2 saturated heterocycles. The molecule has 2 aromatic carbocycles. The second kappa shape index (κ2) is 15.9. The predicted molar refractivity (Wildman–Crippen MR) is 187 cm³/mol. The van der Waals surface area contributed by atoms with E-state index < -0.39 is 53.7 Å². The smallest absolute Gasteiger partial charge is 0.408 e. The zero-order chi connectivity index (χ0) is 36.8. The molecule has 3 amide bonds. The Bertz CT molecular complexity index is 1400. The van der Waals surface area contributed by atoms with Crippen LogP contribution in [0.4, 0.5) is 18.4 Å². The number of alkyl halides is 2. The van der Waals surface area contributed by atoms with Gasteiger partial charge in [-0.2, -0.15) is 0 Å². The molecule has 272 valence electrons. The van der Waals surface area contributed by atoms with Crippen LogP contribution in [-0.2, 0) is 14.3 Å². The van der Waals surface area contributed by atoms with Crippen molar-refractivity contribution >= 4 is 18.1 Å². The van der Waals surface area contributed by atoms with Crippen LogP contribution in [0.5, 0.6) is 0 Å². The molecule has 2 heterocycles. The van der Waals surface area contributed by atoms with Crippen molar-refractivity contribution in [2.45, 2.75) is 104 Å². The van der Waals surface area contributed by atoms with E-state index in [0.29, 0.717) is 6.54 Å². The molecule has 0 saturated carbocycles. The topological polar surface area (TPSA) is 100 Å². The summed E-state index contributed by atoms with van der Waals surface area (Å²) < 4.78 is 38.5. The van der Waals surface area contributed by atoms with E-state index >= 15 is 0 Å². The molecule has 49 heavy (non-hydrogen) atoms. The number of carbonyl (C=O) groups excluding carboxylic acids is 3. The number of benzene rings is 2. The second-order valence-corrected chi connectivity index (χ2v) is 15.5. The molecule has 0 aromatic heterocycles. The maximum atomic E-state index is 14.0. The Morgan fingerprint density at radius 3 is 1.63 bits per heavy atom. The lowest BCUT2D eigenvalue weighted by Gasteiger charge is -2.33. The normalized spacial score (nSPS) is 25.6. The van der Waals surface area contributed by atoms with Gasteiger partial charge in [-0.1, -0.05) is 74.5 Å². The van der Waals surface area contributed by atoms with Crippen LogP contribution in [0.2, 0.25) is 0 Å². The number of nitrogens with zero attached hydrogens (tertiary/aromatic N) is 2. The second-order valence-electron chi connectivity index (χ2n) is 15.5. The van der Waals surface area contributed by atoms with Gasteiger partial charge in [0.05, 0.1) is 17.5 Å². The number of halogens is 2. The van der Waals surface area contributed by atoms with E-state index in [1.54, 1.807) is 53.4 Å². The fourth-order valence-corrected chi connectivity index (χ4v) is 6.31. The molecule has 6 atom stereocenters. The van der Waals surface area contributed by atoms with Gasteiger partial charge in [0.2, 0.25) is 5.91 Å². The number of likely N-dealkylation sites (tertiary alicyclic amines) is 2. The third kappa shape index (κ3) is 10.2. The van der Waals surface area contributed by atoms with E-state index in [2.05, 4.69) is 34.6 Å². The van der Waals surface area contributed by atoms with Gasteiger partial charge in [-0.25, -0.2) is 18.4 Å². The Hall–Kier alpha value is -3.73. The highest BCUT2D eigenvalue weighted by Gasteiger charge is 2.53. The zero-order valence-corrected chi connectivity index (χ0v) is 30.8. The molecule has 4 rings (SSSR count). The predicted octanol–water partition coefficient (Wildman–Crippen LogP) is 7.39. The minimum absolute atomic E-state index is 0.00109. The van der Waals surface area contributed by atoms with Crippen LogP contribution in [0.3, 0.4) is 0 Å². The summed E-state index contributed by atoms with van der Waals surface area (Å²) in [7, 11) is 0. The first-order valence-electron chi connectivity index (χ1n) is 17.0. The lowest BCUT2D eigenvalue weighted by molar-refractivity contribution is -0.132. The molecule has 2 aromatic rings. The minimum atomic E-state index is -1.28. The first-order chi connectivity index (χ1) is 22.8. The van der Waals surface area contributed by atoms with Crippen molar-refractivity contribution in [2.24, 2.45) is 11.8 Å². The highest BCUT2D eigenvalue weighted by Crippen LogP contribution is 2.36. The SMILES string of the molecule is CC1C(=O)N([C@H](C)c2ccccc2)C[C@]1(CF)NC(=O)OC(C)(C)C.CC1CN([C@H](C)c2ccccc2)C[C@]1(CF)NC(=O)OC(C)(C)C. The molecule has 2 fully saturated rings. The number of nitrogens with one attached hydrogen (secondary N) is 2. The molecule has 9 nitrogen and oxygen atoms in total. The van der Waals surface area contributed by atoms with Crippen molar-refractivity contribution in [3.63, 3.8) is 0 Å². The highest BCUT2D eigenvalue weighted by molar-refractivity contribution is 5.85. The van der Waals surface area contributed by atoms with Crippen LogP contribution < -0.4 is 10.6 Å². The van der Waals surface area contributed by atoms with Crippen LogP contribution in [0.25, 0.3) is 0 Å². The van der Waals surface area contributed by atoms with Gasteiger partial charge in [0, 0.05) is 25.7 Å². The summed E-state index contributed by atoms with van der Waals surface area (Å²) in [6.45, 7) is 18.1. The van der Waals surface area contributed by atoms with Crippen molar-refractivity contribution in [1.29, 1.82) is 0 Å². The minimum Gasteiger partial charge on any atom is -0.444 e. The van der Waals surface area contributed by atoms with E-state index in [-0.39, 0.29) is 30.5 Å². The lowest BCUT2D eigenvalue weighted by Crippen LogP contribution is -2.56. The molecule has 0 spiro atoms. The first kappa shape index (κ1) is 39.7. The molecule has 0 bridgehead atoms. The fraction of sp³-hybridized carbons (Fsp3) is 0.605. The quantitative estimate of drug-likeness (QED) is 0.301. The summed E-state index contributed by atoms with van der Waals surface area (Å²) in [4.78, 5) is 40.9. The maximum absolute atomic E-state index is 14.0. The summed E-state index contributed by atoms with van der Waals surface area (Å²) in [5.74, 6) is -0.845. The summed E-state index contributed by atoms with van der Waals surface area (Å²) in [6, 6.07) is 19.7. The van der Waals surface area contributed by atoms with Crippen molar-refractivity contribution < 1.29 is 32.6 Å². The highest BCUT2D eigenvalue weighted by atomic mass is 19.1. The van der Waals surface area contributed by atoms with Gasteiger partial charge < -0.3 is 25.0 Å². The number of hydrogen-bond donors (Lipinski definition) is 2. The van der Waals surface area contributed by atoms with Gasteiger partial charge >= 0.3 is 12.2 Å². The van der Waals surface area contributed by atoms with E-state index in [1.807, 2.05) is 62.4 Å². The molecular weight excluding hydrogens is 630 g/mol. The zero-order valence-electron chi connectivity index (χ0n) is 30.8. The molecule has 0 aliphatic carbocycles. The molecule has 2 unspecified atom stereocenters. The molecule has 0 radical (unpaired) electrons. The lowest BCUT2D eigenvalue weighted by atomic mass is 9.89. The van der Waals surface area contributed by atoms with E-state index in [4.69, 9.17) is 9.47 Å². The molecule has 11 heteroatoms. The van der Waals surface area contributed by atoms with Crippen LogP contribution >= 0.6 is 0 Å². The van der Waals surface area contributed by atoms with E-state index in [1.165, 1.54) is 5.56 Å². The summed E-state index contributed by atoms with van der Waals surface area (Å²) in [5.41, 5.74) is -1.30. The third-order valence-corrected chi connectivity index (χ3v) is 9.43. The standard InChI is InChI=1S/C19H27FN2O3.C19H29FN2O2/c1-13-16(23)22(14(2)15-9-7-6-8-10-15)12-19(13,11-20)21-17(24)25-18(3,4)5;1-14-11-22(15(2)16-9-7-6-8-10-16)13-19(14,12-20)21-17(23)24-18(3,4)5/h6-10,13-14H,11-12H2,1-5H3,(H,21,24);6-10,14-15H,11-13H2,1-5H3,(H,21,23)/t13?,14-,19+;14?,15-,19+/m11/s1. The number of amides is 3. The van der Waals surface area contributed by atoms with Gasteiger partial charge in [0.15, 0.2) is 0 Å². The summed E-state index contributed by atoms with van der Waals surface area (Å²) >= 11 is 0. The van der Waals surface area contributed by atoms with Crippen molar-refractivity contribution in [3.8, 4) is 0 Å². The largest absolute Gasteiger partial charge is 0.444 e. The maximum Gasteiger partial charge on any atom is 0.408 e. The molecule has 2 aliphatic heterocycles. The first-order valence-corrected chi connectivity index (χ1v) is 17.0. The number of alkyl carbamates (subject to hydrolysis) is 2. The van der Waals surface area contributed by atoms with Gasteiger partial charge in [-0.15, -0.1) is 0 Å². The average Bonchev–Trinajstić information content (AvgIpc) is 3.48. The number of rotatable bonds is 8.